The van der Waals surface area contributed by atoms with Gasteiger partial charge in [-0.25, -0.2) is 8.42 Å². The van der Waals surface area contributed by atoms with Gasteiger partial charge in [-0.2, -0.15) is 0 Å². The zero-order chi connectivity index (χ0) is 6.78. The molecule has 0 aliphatic carbocycles. The van der Waals surface area contributed by atoms with Crippen molar-refractivity contribution in [3.8, 4) is 0 Å². The minimum atomic E-state index is -4.14. The first-order chi connectivity index (χ1) is 3.48. The van der Waals surface area contributed by atoms with Crippen LogP contribution in [0.2, 0.25) is 0 Å². The number of rotatable bonds is 1. The maximum atomic E-state index is 9.94. The van der Waals surface area contributed by atoms with Crippen LogP contribution in [0.5, 0.6) is 0 Å². The molecular weight excluding hydrogens is 167 g/mol. The van der Waals surface area contributed by atoms with Crippen molar-refractivity contribution in [2.45, 2.75) is 13.8 Å². The summed E-state index contributed by atoms with van der Waals surface area (Å²) in [5, 5.41) is 0. The molecule has 0 N–H and O–H groups in total. The van der Waals surface area contributed by atoms with Crippen molar-refractivity contribution >= 4 is 10.1 Å². The van der Waals surface area contributed by atoms with Crippen LogP contribution in [0.3, 0.4) is 0 Å². The van der Waals surface area contributed by atoms with Crippen LogP contribution in [0, 0.1) is 0 Å². The Labute approximate surface area is 97.7 Å². The van der Waals surface area contributed by atoms with E-state index in [0.29, 0.717) is 0 Å². The van der Waals surface area contributed by atoms with Gasteiger partial charge in [0.25, 0.3) is 0 Å². The van der Waals surface area contributed by atoms with Crippen LogP contribution in [0.1, 0.15) is 13.8 Å². The molecule has 0 spiro atoms. The zero-order valence-electron chi connectivity index (χ0n) is 5.71. The molecule has 9 heavy (non-hydrogen) atoms. The summed E-state index contributed by atoms with van der Waals surface area (Å²) in [6, 6.07) is 0. The molecule has 0 heterocycles. The van der Waals surface area contributed by atoms with Gasteiger partial charge < -0.3 is 4.55 Å². The van der Waals surface area contributed by atoms with Gasteiger partial charge in [-0.05, 0) is 13.8 Å². The Morgan fingerprint density at radius 1 is 1.56 bits per heavy atom. The molecule has 0 radical (unpaired) electrons. The summed E-state index contributed by atoms with van der Waals surface area (Å²) in [6.45, 7) is 2.77. The SMILES string of the molecule is C/C=C(/C)S(=O)(=O)[O-].[K+]. The summed E-state index contributed by atoms with van der Waals surface area (Å²) in [7, 11) is -4.14. The van der Waals surface area contributed by atoms with E-state index in [1.54, 1.807) is 0 Å². The Morgan fingerprint density at radius 3 is 1.89 bits per heavy atom. The first-order valence-corrected chi connectivity index (χ1v) is 3.48. The third kappa shape index (κ3) is 5.72. The standard InChI is InChI=1S/C4H8O3S.K/c1-3-4(2)8(5,6)7;/h3H,1-2H3,(H,5,6,7);/q;+1/p-1/b4-3-;. The van der Waals surface area contributed by atoms with Gasteiger partial charge in [0, 0.05) is 4.91 Å². The van der Waals surface area contributed by atoms with E-state index < -0.39 is 10.1 Å². The van der Waals surface area contributed by atoms with Crippen molar-refractivity contribution < 1.29 is 64.4 Å². The van der Waals surface area contributed by atoms with Gasteiger partial charge in [-0.3, -0.25) is 0 Å². The van der Waals surface area contributed by atoms with Gasteiger partial charge in [0.1, 0.15) is 10.1 Å². The topological polar surface area (TPSA) is 57.2 Å². The molecule has 0 unspecified atom stereocenters. The summed E-state index contributed by atoms with van der Waals surface area (Å²) in [6.07, 6.45) is 1.27. The monoisotopic (exact) mass is 174 g/mol. The summed E-state index contributed by atoms with van der Waals surface area (Å²) in [5.41, 5.74) is 0. The van der Waals surface area contributed by atoms with Crippen LogP contribution >= 0.6 is 0 Å². The van der Waals surface area contributed by atoms with Crippen molar-refractivity contribution in [3.63, 3.8) is 0 Å². The van der Waals surface area contributed by atoms with E-state index in [9.17, 15) is 13.0 Å². The second-order valence-corrected chi connectivity index (χ2v) is 2.91. The Morgan fingerprint density at radius 2 is 1.89 bits per heavy atom. The molecule has 0 bridgehead atoms. The first kappa shape index (κ1) is 12.9. The minimum Gasteiger partial charge on any atom is -0.744 e. The maximum absolute atomic E-state index is 9.94. The van der Waals surface area contributed by atoms with E-state index in [1.165, 1.54) is 19.9 Å². The molecule has 48 valence electrons. The van der Waals surface area contributed by atoms with E-state index in [-0.39, 0.29) is 56.3 Å². The molecule has 0 amide bonds. The zero-order valence-corrected chi connectivity index (χ0v) is 9.65. The summed E-state index contributed by atoms with van der Waals surface area (Å²) in [5.74, 6) is 0. The van der Waals surface area contributed by atoms with Crippen molar-refractivity contribution in [3.05, 3.63) is 11.0 Å². The number of hydrogen-bond donors (Lipinski definition) is 0. The average molecular weight is 174 g/mol. The predicted molar refractivity (Wildman–Crippen MR) is 29.1 cm³/mol. The van der Waals surface area contributed by atoms with Crippen molar-refractivity contribution in [2.75, 3.05) is 0 Å². The largest absolute Gasteiger partial charge is 1.00 e. The molecule has 0 aliphatic heterocycles. The molecule has 0 aromatic carbocycles. The van der Waals surface area contributed by atoms with E-state index >= 15 is 0 Å². The molecular formula is C4H7KO3S. The summed E-state index contributed by atoms with van der Waals surface area (Å²) in [4.78, 5) is -0.127. The molecule has 0 rings (SSSR count). The molecule has 0 saturated carbocycles. The van der Waals surface area contributed by atoms with E-state index in [1.807, 2.05) is 0 Å². The Bertz CT molecular complexity index is 192. The smallest absolute Gasteiger partial charge is 0.744 e. The fourth-order valence-corrected chi connectivity index (χ4v) is 0.433. The van der Waals surface area contributed by atoms with Crippen LogP contribution < -0.4 is 51.4 Å². The average Bonchev–Trinajstić information content (AvgIpc) is 1.62. The van der Waals surface area contributed by atoms with Crippen LogP contribution in [-0.2, 0) is 10.1 Å². The second kappa shape index (κ2) is 5.01. The van der Waals surface area contributed by atoms with E-state index in [2.05, 4.69) is 0 Å². The van der Waals surface area contributed by atoms with Gasteiger partial charge in [-0.15, -0.1) is 0 Å². The molecule has 0 atom stereocenters. The first-order valence-electron chi connectivity index (χ1n) is 2.07. The molecule has 0 aromatic rings. The van der Waals surface area contributed by atoms with Gasteiger partial charge in [0.2, 0.25) is 0 Å². The van der Waals surface area contributed by atoms with Crippen molar-refractivity contribution in [1.29, 1.82) is 0 Å². The van der Waals surface area contributed by atoms with Crippen LogP contribution in [-0.4, -0.2) is 13.0 Å². The fraction of sp³-hybridized carbons (Fsp3) is 0.500. The van der Waals surface area contributed by atoms with Gasteiger partial charge in [-0.1, -0.05) is 6.08 Å². The molecule has 0 fully saturated rings. The van der Waals surface area contributed by atoms with Gasteiger partial charge >= 0.3 is 51.4 Å². The molecule has 0 aliphatic rings. The van der Waals surface area contributed by atoms with E-state index in [0.717, 1.165) is 0 Å². The normalized spacial score (nSPS) is 12.6. The Balaban J connectivity index is 0. The second-order valence-electron chi connectivity index (χ2n) is 1.35. The Hall–Kier alpha value is 1.29. The van der Waals surface area contributed by atoms with Crippen molar-refractivity contribution in [2.24, 2.45) is 0 Å². The third-order valence-corrected chi connectivity index (χ3v) is 1.83. The van der Waals surface area contributed by atoms with Crippen molar-refractivity contribution in [1.82, 2.24) is 0 Å². The third-order valence-electron chi connectivity index (χ3n) is 0.801. The Kier molecular flexibility index (Phi) is 7.19. The van der Waals surface area contributed by atoms with Crippen LogP contribution in [0.15, 0.2) is 11.0 Å². The van der Waals surface area contributed by atoms with Gasteiger partial charge in [0.05, 0.1) is 0 Å². The molecule has 3 nitrogen and oxygen atoms in total. The number of hydrogen-bond acceptors (Lipinski definition) is 3. The summed E-state index contributed by atoms with van der Waals surface area (Å²) >= 11 is 0. The quantitative estimate of drug-likeness (QED) is 0.325. The molecule has 5 heteroatoms. The minimum absolute atomic E-state index is 0. The summed E-state index contributed by atoms with van der Waals surface area (Å²) < 4.78 is 29.8. The fourth-order valence-electron chi connectivity index (χ4n) is 0.144. The van der Waals surface area contributed by atoms with Crippen LogP contribution in [0.4, 0.5) is 0 Å². The number of allylic oxidation sites excluding steroid dienone is 2. The maximum Gasteiger partial charge on any atom is 1.00 e. The van der Waals surface area contributed by atoms with Gasteiger partial charge in [0.15, 0.2) is 0 Å². The predicted octanol–water partition coefficient (Wildman–Crippen LogP) is -2.54. The van der Waals surface area contributed by atoms with Crippen LogP contribution in [0.25, 0.3) is 0 Å². The molecule has 0 aromatic heterocycles. The molecule has 0 saturated heterocycles. The van der Waals surface area contributed by atoms with E-state index in [4.69, 9.17) is 0 Å².